The van der Waals surface area contributed by atoms with Crippen LogP contribution in [0.25, 0.3) is 0 Å². The summed E-state index contributed by atoms with van der Waals surface area (Å²) in [7, 11) is 1.92. The molecule has 4 nitrogen and oxygen atoms in total. The molecule has 3 atom stereocenters. The molecule has 2 rings (SSSR count). The lowest BCUT2D eigenvalue weighted by Gasteiger charge is -2.27. The van der Waals surface area contributed by atoms with Gasteiger partial charge in [-0.1, -0.05) is 6.92 Å². The van der Waals surface area contributed by atoms with E-state index in [0.717, 1.165) is 18.6 Å². The summed E-state index contributed by atoms with van der Waals surface area (Å²) in [5.74, 6) is 1.33. The van der Waals surface area contributed by atoms with Gasteiger partial charge in [-0.3, -0.25) is 9.59 Å². The zero-order valence-corrected chi connectivity index (χ0v) is 13.6. The van der Waals surface area contributed by atoms with Gasteiger partial charge in [0, 0.05) is 37.8 Å². The van der Waals surface area contributed by atoms with Gasteiger partial charge in [-0.2, -0.15) is 11.8 Å². The first-order chi connectivity index (χ1) is 9.56. The van der Waals surface area contributed by atoms with Gasteiger partial charge in [0.2, 0.25) is 11.8 Å². The van der Waals surface area contributed by atoms with Gasteiger partial charge in [-0.25, -0.2) is 0 Å². The van der Waals surface area contributed by atoms with Crippen molar-refractivity contribution in [2.45, 2.75) is 50.8 Å². The number of carbonyl (C=O) groups excluding carboxylic acids is 2. The fourth-order valence-electron chi connectivity index (χ4n) is 3.37. The van der Waals surface area contributed by atoms with Gasteiger partial charge >= 0.3 is 0 Å². The van der Waals surface area contributed by atoms with Crippen LogP contribution in [0.4, 0.5) is 0 Å². The normalized spacial score (nSPS) is 30.1. The molecule has 0 spiro atoms. The molecule has 0 N–H and O–H groups in total. The van der Waals surface area contributed by atoms with Gasteiger partial charge in [-0.15, -0.1) is 0 Å². The average Bonchev–Trinajstić information content (AvgIpc) is 3.04. The van der Waals surface area contributed by atoms with Crippen LogP contribution in [0.5, 0.6) is 0 Å². The van der Waals surface area contributed by atoms with Crippen molar-refractivity contribution >= 4 is 23.6 Å². The topological polar surface area (TPSA) is 40.6 Å². The SMILES string of the molecule is CCSC1CCC(N(C)C(=O)C2CC(=O)N(CC)C2)C1. The van der Waals surface area contributed by atoms with Crippen molar-refractivity contribution in [2.75, 3.05) is 25.9 Å². The number of thioether (sulfide) groups is 1. The molecule has 1 aliphatic carbocycles. The highest BCUT2D eigenvalue weighted by molar-refractivity contribution is 7.99. The Morgan fingerprint density at radius 3 is 2.75 bits per heavy atom. The molecule has 0 aromatic carbocycles. The standard InChI is InChI=1S/C15H26N2O2S/c1-4-17-10-11(8-14(17)18)15(19)16(3)12-6-7-13(9-12)20-5-2/h11-13H,4-10H2,1-3H3. The van der Waals surface area contributed by atoms with E-state index in [1.807, 2.05) is 30.6 Å². The lowest BCUT2D eigenvalue weighted by atomic mass is 10.1. The average molecular weight is 298 g/mol. The van der Waals surface area contributed by atoms with Crippen LogP contribution in [0.1, 0.15) is 39.5 Å². The van der Waals surface area contributed by atoms with E-state index >= 15 is 0 Å². The molecule has 20 heavy (non-hydrogen) atoms. The van der Waals surface area contributed by atoms with Crippen LogP contribution in [0.2, 0.25) is 0 Å². The molecule has 1 saturated carbocycles. The Hall–Kier alpha value is -0.710. The predicted octanol–water partition coefficient (Wildman–Crippen LogP) is 1.99. The van der Waals surface area contributed by atoms with E-state index < -0.39 is 0 Å². The monoisotopic (exact) mass is 298 g/mol. The fourth-order valence-corrected chi connectivity index (χ4v) is 4.50. The second-order valence-corrected chi connectivity index (χ2v) is 7.40. The summed E-state index contributed by atoms with van der Waals surface area (Å²) in [6.07, 6.45) is 3.83. The number of nitrogens with zero attached hydrogens (tertiary/aromatic N) is 2. The minimum Gasteiger partial charge on any atom is -0.342 e. The first-order valence-corrected chi connectivity index (χ1v) is 8.77. The van der Waals surface area contributed by atoms with E-state index in [4.69, 9.17) is 0 Å². The fraction of sp³-hybridized carbons (Fsp3) is 0.867. The first kappa shape index (κ1) is 15.7. The molecule has 0 aromatic heterocycles. The smallest absolute Gasteiger partial charge is 0.227 e. The van der Waals surface area contributed by atoms with E-state index in [9.17, 15) is 9.59 Å². The molecule has 2 aliphatic rings. The highest BCUT2D eigenvalue weighted by Gasteiger charge is 2.38. The molecule has 5 heteroatoms. The molecule has 2 amide bonds. The third-order valence-corrected chi connectivity index (χ3v) is 5.83. The van der Waals surface area contributed by atoms with Gasteiger partial charge in [0.1, 0.15) is 0 Å². The van der Waals surface area contributed by atoms with Crippen molar-refractivity contribution in [1.82, 2.24) is 9.80 Å². The van der Waals surface area contributed by atoms with Crippen LogP contribution in [0.15, 0.2) is 0 Å². The third-order valence-electron chi connectivity index (χ3n) is 4.60. The minimum atomic E-state index is -0.120. The molecular formula is C15H26N2O2S. The van der Waals surface area contributed by atoms with Crippen molar-refractivity contribution < 1.29 is 9.59 Å². The van der Waals surface area contributed by atoms with E-state index in [1.54, 1.807) is 4.90 Å². The van der Waals surface area contributed by atoms with Crippen LogP contribution in [-0.4, -0.2) is 58.8 Å². The predicted molar refractivity (Wildman–Crippen MR) is 82.7 cm³/mol. The highest BCUT2D eigenvalue weighted by Crippen LogP contribution is 2.33. The second-order valence-electron chi connectivity index (χ2n) is 5.83. The van der Waals surface area contributed by atoms with E-state index in [0.29, 0.717) is 30.8 Å². The minimum absolute atomic E-state index is 0.120. The Bertz CT molecular complexity index is 375. The summed E-state index contributed by atoms with van der Waals surface area (Å²) in [5.41, 5.74) is 0. The Labute approximate surface area is 126 Å². The summed E-state index contributed by atoms with van der Waals surface area (Å²) in [6.45, 7) is 5.48. The molecule has 0 bridgehead atoms. The van der Waals surface area contributed by atoms with Crippen LogP contribution in [0.3, 0.4) is 0 Å². The lowest BCUT2D eigenvalue weighted by molar-refractivity contribution is -0.136. The Kier molecular flexibility index (Phi) is 5.35. The molecule has 1 saturated heterocycles. The number of rotatable bonds is 5. The van der Waals surface area contributed by atoms with Gasteiger partial charge in [0.25, 0.3) is 0 Å². The lowest BCUT2D eigenvalue weighted by Crippen LogP contribution is -2.40. The summed E-state index contributed by atoms with van der Waals surface area (Å²) in [5, 5.41) is 0.706. The molecule has 1 heterocycles. The molecule has 3 unspecified atom stereocenters. The zero-order chi connectivity index (χ0) is 14.7. The summed E-state index contributed by atoms with van der Waals surface area (Å²) in [4.78, 5) is 28.0. The van der Waals surface area contributed by atoms with Gasteiger partial charge in [-0.05, 0) is 31.9 Å². The third kappa shape index (κ3) is 3.30. The number of hydrogen-bond acceptors (Lipinski definition) is 3. The first-order valence-electron chi connectivity index (χ1n) is 7.72. The Morgan fingerprint density at radius 1 is 1.40 bits per heavy atom. The zero-order valence-electron chi connectivity index (χ0n) is 12.8. The van der Waals surface area contributed by atoms with Gasteiger partial charge in [0.05, 0.1) is 5.92 Å². The maximum Gasteiger partial charge on any atom is 0.227 e. The molecule has 2 fully saturated rings. The van der Waals surface area contributed by atoms with E-state index in [-0.39, 0.29) is 17.7 Å². The maximum atomic E-state index is 12.5. The Balaban J connectivity index is 1.88. The number of hydrogen-bond donors (Lipinski definition) is 0. The van der Waals surface area contributed by atoms with Crippen LogP contribution in [0, 0.1) is 5.92 Å². The molecular weight excluding hydrogens is 272 g/mol. The highest BCUT2D eigenvalue weighted by atomic mass is 32.2. The van der Waals surface area contributed by atoms with Crippen molar-refractivity contribution in [2.24, 2.45) is 5.92 Å². The number of carbonyl (C=O) groups is 2. The van der Waals surface area contributed by atoms with Crippen molar-refractivity contribution in [1.29, 1.82) is 0 Å². The van der Waals surface area contributed by atoms with Crippen LogP contribution < -0.4 is 0 Å². The summed E-state index contributed by atoms with van der Waals surface area (Å²) < 4.78 is 0. The molecule has 0 aromatic rings. The maximum absolute atomic E-state index is 12.5. The van der Waals surface area contributed by atoms with Gasteiger partial charge < -0.3 is 9.80 Å². The molecule has 0 radical (unpaired) electrons. The Morgan fingerprint density at radius 2 is 2.15 bits per heavy atom. The summed E-state index contributed by atoms with van der Waals surface area (Å²) in [6, 6.07) is 0.373. The quantitative estimate of drug-likeness (QED) is 0.779. The van der Waals surface area contributed by atoms with Crippen LogP contribution in [-0.2, 0) is 9.59 Å². The van der Waals surface area contributed by atoms with Gasteiger partial charge in [0.15, 0.2) is 0 Å². The van der Waals surface area contributed by atoms with E-state index in [2.05, 4.69) is 6.92 Å². The molecule has 1 aliphatic heterocycles. The van der Waals surface area contributed by atoms with Crippen molar-refractivity contribution in [3.05, 3.63) is 0 Å². The number of amides is 2. The molecule has 114 valence electrons. The van der Waals surface area contributed by atoms with Crippen molar-refractivity contribution in [3.63, 3.8) is 0 Å². The summed E-state index contributed by atoms with van der Waals surface area (Å²) >= 11 is 2.01. The van der Waals surface area contributed by atoms with Crippen LogP contribution >= 0.6 is 11.8 Å². The second kappa shape index (κ2) is 6.83. The largest absolute Gasteiger partial charge is 0.342 e. The van der Waals surface area contributed by atoms with Crippen molar-refractivity contribution in [3.8, 4) is 0 Å². The van der Waals surface area contributed by atoms with E-state index in [1.165, 1.54) is 6.42 Å². The number of likely N-dealkylation sites (tertiary alicyclic amines) is 1.